The van der Waals surface area contributed by atoms with Crippen LogP contribution in [0.15, 0.2) is 36.5 Å². The van der Waals surface area contributed by atoms with Crippen LogP contribution in [0, 0.1) is 0 Å². The summed E-state index contributed by atoms with van der Waals surface area (Å²) in [5.41, 5.74) is 0. The zero-order chi connectivity index (χ0) is 49.0. The Morgan fingerprint density at radius 3 is 1.34 bits per heavy atom. The zero-order valence-corrected chi connectivity index (χ0v) is 42.9. The summed E-state index contributed by atoms with van der Waals surface area (Å²) in [5, 5.41) is 75.5. The highest BCUT2D eigenvalue weighted by molar-refractivity contribution is 5.80. The van der Waals surface area contributed by atoms with Gasteiger partial charge in [0, 0.05) is 0 Å². The lowest BCUT2D eigenvalue weighted by Crippen LogP contribution is -2.60. The molecule has 0 radical (unpaired) electrons. The molecule has 0 aromatic rings. The number of aliphatic hydroxyl groups is 7. The monoisotopic (exact) mass is 952 g/mol. The molecule has 11 nitrogen and oxygen atoms in total. The average Bonchev–Trinajstić information content (AvgIpc) is 3.33. The molecule has 0 saturated carbocycles. The number of carbonyl (C=O) groups is 1. The van der Waals surface area contributed by atoms with Crippen LogP contribution in [0.2, 0.25) is 0 Å². The van der Waals surface area contributed by atoms with Crippen molar-refractivity contribution in [3.63, 3.8) is 0 Å². The van der Waals surface area contributed by atoms with Crippen molar-refractivity contribution >= 4 is 5.91 Å². The van der Waals surface area contributed by atoms with Gasteiger partial charge < -0.3 is 50.5 Å². The van der Waals surface area contributed by atoms with Crippen LogP contribution < -0.4 is 5.32 Å². The molecule has 0 aromatic carbocycles. The highest BCUT2D eigenvalue weighted by Crippen LogP contribution is 2.23. The predicted molar refractivity (Wildman–Crippen MR) is 275 cm³/mol. The van der Waals surface area contributed by atoms with E-state index in [1.807, 2.05) is 6.08 Å². The third kappa shape index (κ3) is 34.3. The highest BCUT2D eigenvalue weighted by Gasteiger charge is 2.44. The standard InChI is InChI=1S/C56H105NO10/c1-3-5-7-9-11-13-14-15-16-17-18-19-20-21-22-23-24-25-26-27-28-29-30-31-32-33-34-35-36-38-39-41-43-48(59)51(61)47(46-66-56-54(64)53(63)52(62)50(45-58)67-56)57-55(65)49(60)44-42-40-37-12-10-8-6-4-2/h32-33,36-38,40,47-54,56,58-64H,3-31,34-35,39,41-46H2,1-2H3,(H,57,65)/b33-32+,38-36+,40-37-. The minimum absolute atomic E-state index is 0.165. The summed E-state index contributed by atoms with van der Waals surface area (Å²) in [6.45, 7) is 3.36. The summed E-state index contributed by atoms with van der Waals surface area (Å²) < 4.78 is 11.1. The van der Waals surface area contributed by atoms with Gasteiger partial charge in [0.1, 0.15) is 36.6 Å². The SMILES string of the molecule is CCCCCC/C=C\CCC(O)C(=O)NC(COC1OC(CO)C(O)C(O)C1O)C(O)C(O)CCC/C=C/CC/C=C/CCCCCCCCCCCCCCCCCCCCCCCCC. The molecule has 1 rings (SSSR count). The maximum absolute atomic E-state index is 13.0. The van der Waals surface area contributed by atoms with E-state index in [0.717, 1.165) is 32.1 Å². The topological polar surface area (TPSA) is 189 Å². The first-order valence-electron chi connectivity index (χ1n) is 27.9. The van der Waals surface area contributed by atoms with Crippen molar-refractivity contribution in [1.82, 2.24) is 5.32 Å². The van der Waals surface area contributed by atoms with Crippen molar-refractivity contribution in [2.45, 2.75) is 300 Å². The van der Waals surface area contributed by atoms with Crippen LogP contribution in [0.3, 0.4) is 0 Å². The van der Waals surface area contributed by atoms with Crippen molar-refractivity contribution < 1.29 is 50.0 Å². The molecular weight excluding hydrogens is 847 g/mol. The quantitative estimate of drug-likeness (QED) is 0.0215. The molecular formula is C56H105NO10. The molecule has 8 N–H and O–H groups in total. The molecule has 67 heavy (non-hydrogen) atoms. The van der Waals surface area contributed by atoms with Gasteiger partial charge in [-0.25, -0.2) is 0 Å². The highest BCUT2D eigenvalue weighted by atomic mass is 16.7. The van der Waals surface area contributed by atoms with Crippen molar-refractivity contribution in [2.75, 3.05) is 13.2 Å². The lowest BCUT2D eigenvalue weighted by atomic mass is 9.99. The summed E-state index contributed by atoms with van der Waals surface area (Å²) in [6, 6.07) is -1.20. The Morgan fingerprint density at radius 2 is 0.896 bits per heavy atom. The van der Waals surface area contributed by atoms with Gasteiger partial charge in [0.15, 0.2) is 6.29 Å². The maximum Gasteiger partial charge on any atom is 0.249 e. The normalized spacial score (nSPS) is 20.9. The molecule has 1 fully saturated rings. The number of carbonyl (C=O) groups excluding carboxylic acids is 1. The summed E-state index contributed by atoms with van der Waals surface area (Å²) >= 11 is 0. The number of allylic oxidation sites excluding steroid dienone is 6. The second-order valence-electron chi connectivity index (χ2n) is 19.6. The fourth-order valence-corrected chi connectivity index (χ4v) is 8.81. The first-order valence-corrected chi connectivity index (χ1v) is 27.9. The van der Waals surface area contributed by atoms with Crippen LogP contribution >= 0.6 is 0 Å². The van der Waals surface area contributed by atoms with Gasteiger partial charge >= 0.3 is 0 Å². The molecule has 0 bridgehead atoms. The Balaban J connectivity index is 2.21. The van der Waals surface area contributed by atoms with Crippen molar-refractivity contribution in [3.05, 3.63) is 36.5 Å². The lowest BCUT2D eigenvalue weighted by molar-refractivity contribution is -0.303. The number of hydrogen-bond donors (Lipinski definition) is 8. The average molecular weight is 952 g/mol. The second kappa shape index (κ2) is 45.5. The molecule has 9 atom stereocenters. The lowest BCUT2D eigenvalue weighted by Gasteiger charge is -2.40. The molecule has 11 heteroatoms. The first-order chi connectivity index (χ1) is 32.7. The van der Waals surface area contributed by atoms with Crippen LogP contribution in [0.1, 0.15) is 245 Å². The van der Waals surface area contributed by atoms with Gasteiger partial charge in [-0.2, -0.15) is 0 Å². The minimum Gasteiger partial charge on any atom is -0.394 e. The van der Waals surface area contributed by atoms with Crippen molar-refractivity contribution in [2.24, 2.45) is 0 Å². The molecule has 0 spiro atoms. The summed E-state index contributed by atoms with van der Waals surface area (Å²) in [7, 11) is 0. The maximum atomic E-state index is 13.0. The molecule has 0 aromatic heterocycles. The number of ether oxygens (including phenoxy) is 2. The van der Waals surface area contributed by atoms with Gasteiger partial charge in [-0.3, -0.25) is 4.79 Å². The number of unbranched alkanes of at least 4 members (excludes halogenated alkanes) is 29. The van der Waals surface area contributed by atoms with Crippen LogP contribution in [0.5, 0.6) is 0 Å². The molecule has 1 heterocycles. The first kappa shape index (κ1) is 63.3. The fourth-order valence-electron chi connectivity index (χ4n) is 8.81. The Labute approximate surface area is 409 Å². The van der Waals surface area contributed by atoms with E-state index in [0.29, 0.717) is 19.3 Å². The Morgan fingerprint density at radius 1 is 0.507 bits per heavy atom. The second-order valence-corrected chi connectivity index (χ2v) is 19.6. The van der Waals surface area contributed by atoms with E-state index in [1.54, 1.807) is 0 Å². The van der Waals surface area contributed by atoms with E-state index in [4.69, 9.17) is 9.47 Å². The Hall–Kier alpha value is -1.67. The van der Waals surface area contributed by atoms with Crippen molar-refractivity contribution in [3.8, 4) is 0 Å². The van der Waals surface area contributed by atoms with E-state index in [9.17, 15) is 40.5 Å². The van der Waals surface area contributed by atoms with E-state index >= 15 is 0 Å². The predicted octanol–water partition coefficient (Wildman–Crippen LogP) is 11.1. The molecule has 1 aliphatic heterocycles. The molecule has 9 unspecified atom stereocenters. The Kier molecular flexibility index (Phi) is 43.0. The summed E-state index contributed by atoms with van der Waals surface area (Å²) in [5.74, 6) is -0.747. The molecule has 1 aliphatic rings. The molecule has 1 amide bonds. The Bertz CT molecular complexity index is 1180. The van der Waals surface area contributed by atoms with E-state index in [-0.39, 0.29) is 12.8 Å². The number of aliphatic hydroxyl groups excluding tert-OH is 7. The number of nitrogens with one attached hydrogen (secondary N) is 1. The number of hydrogen-bond acceptors (Lipinski definition) is 10. The van der Waals surface area contributed by atoms with Crippen molar-refractivity contribution in [1.29, 1.82) is 0 Å². The minimum atomic E-state index is -1.68. The third-order valence-electron chi connectivity index (χ3n) is 13.4. The van der Waals surface area contributed by atoms with E-state index < -0.39 is 74.2 Å². The zero-order valence-electron chi connectivity index (χ0n) is 42.9. The van der Waals surface area contributed by atoms with Gasteiger partial charge in [0.05, 0.1) is 25.4 Å². The molecule has 1 saturated heterocycles. The van der Waals surface area contributed by atoms with Gasteiger partial charge in [-0.05, 0) is 70.6 Å². The van der Waals surface area contributed by atoms with Crippen LogP contribution in [-0.2, 0) is 14.3 Å². The number of rotatable bonds is 47. The smallest absolute Gasteiger partial charge is 0.249 e. The van der Waals surface area contributed by atoms with Gasteiger partial charge in [0.25, 0.3) is 0 Å². The van der Waals surface area contributed by atoms with Crippen LogP contribution in [0.4, 0.5) is 0 Å². The molecule has 394 valence electrons. The van der Waals surface area contributed by atoms with E-state index in [1.165, 1.54) is 167 Å². The fraction of sp³-hybridized carbons (Fsp3) is 0.875. The third-order valence-corrected chi connectivity index (χ3v) is 13.4. The van der Waals surface area contributed by atoms with Gasteiger partial charge in [-0.1, -0.05) is 211 Å². The van der Waals surface area contributed by atoms with E-state index in [2.05, 4.69) is 49.5 Å². The summed E-state index contributed by atoms with van der Waals surface area (Å²) in [4.78, 5) is 13.0. The largest absolute Gasteiger partial charge is 0.394 e. The van der Waals surface area contributed by atoms with Gasteiger partial charge in [-0.15, -0.1) is 0 Å². The van der Waals surface area contributed by atoms with Crippen LogP contribution in [-0.4, -0.2) is 110 Å². The summed E-state index contributed by atoms with van der Waals surface area (Å²) in [6.07, 6.45) is 44.2. The number of amides is 1. The van der Waals surface area contributed by atoms with Gasteiger partial charge in [0.2, 0.25) is 5.91 Å². The van der Waals surface area contributed by atoms with Crippen LogP contribution in [0.25, 0.3) is 0 Å². The molecule has 0 aliphatic carbocycles.